The highest BCUT2D eigenvalue weighted by molar-refractivity contribution is 5.96. The van der Waals surface area contributed by atoms with Crippen molar-refractivity contribution >= 4 is 23.4 Å². The van der Waals surface area contributed by atoms with Gasteiger partial charge in [0.15, 0.2) is 5.78 Å². The predicted octanol–water partition coefficient (Wildman–Crippen LogP) is 1.68. The number of nitrogens with one attached hydrogen (secondary N) is 2. The first-order valence-electron chi connectivity index (χ1n) is 8.00. The van der Waals surface area contributed by atoms with Crippen LogP contribution in [0, 0.1) is 5.92 Å². The van der Waals surface area contributed by atoms with Gasteiger partial charge in [-0.15, -0.1) is 0 Å². The lowest BCUT2D eigenvalue weighted by Gasteiger charge is -2.30. The van der Waals surface area contributed by atoms with Gasteiger partial charge in [-0.05, 0) is 37.8 Å². The average molecular weight is 333 g/mol. The Labute approximate surface area is 140 Å². The van der Waals surface area contributed by atoms with Crippen molar-refractivity contribution in [1.29, 1.82) is 0 Å². The van der Waals surface area contributed by atoms with Crippen LogP contribution in [-0.2, 0) is 9.53 Å². The number of ether oxygens (including phenoxy) is 1. The molecular formula is C17H23N3O4. The van der Waals surface area contributed by atoms with Crippen LogP contribution in [-0.4, -0.2) is 37.0 Å². The maximum Gasteiger partial charge on any atom is 0.319 e. The summed E-state index contributed by atoms with van der Waals surface area (Å²) in [6.07, 6.45) is 1.64. The van der Waals surface area contributed by atoms with Gasteiger partial charge >= 0.3 is 6.03 Å². The van der Waals surface area contributed by atoms with Gasteiger partial charge in [0.05, 0.1) is 0 Å². The molecule has 1 saturated heterocycles. The highest BCUT2D eigenvalue weighted by atomic mass is 16.5. The highest BCUT2D eigenvalue weighted by Gasteiger charge is 2.27. The summed E-state index contributed by atoms with van der Waals surface area (Å²) >= 11 is 0. The molecular weight excluding hydrogens is 310 g/mol. The molecule has 0 aromatic heterocycles. The van der Waals surface area contributed by atoms with Crippen molar-refractivity contribution < 1.29 is 19.1 Å². The lowest BCUT2D eigenvalue weighted by Crippen LogP contribution is -2.46. The lowest BCUT2D eigenvalue weighted by molar-refractivity contribution is -0.118. The molecule has 7 heteroatoms. The Hall–Kier alpha value is -2.41. The zero-order valence-corrected chi connectivity index (χ0v) is 13.7. The molecule has 3 amide bonds. The SMILES string of the molecule is CC(=O)c1cccc(NC(=O)N[C@H](CC(N)=O)C2CCOCC2)c1. The fraction of sp³-hybridized carbons (Fsp3) is 0.471. The van der Waals surface area contributed by atoms with E-state index in [9.17, 15) is 14.4 Å². The monoisotopic (exact) mass is 333 g/mol. The first kappa shape index (κ1) is 17.9. The molecule has 1 heterocycles. The first-order chi connectivity index (χ1) is 11.5. The number of primary amides is 1. The molecule has 2 rings (SSSR count). The number of hydrogen-bond acceptors (Lipinski definition) is 4. The number of amides is 3. The Balaban J connectivity index is 2.00. The van der Waals surface area contributed by atoms with E-state index in [0.29, 0.717) is 24.5 Å². The third kappa shape index (κ3) is 5.34. The normalized spacial score (nSPS) is 16.2. The van der Waals surface area contributed by atoms with Gasteiger partial charge in [-0.25, -0.2) is 4.79 Å². The van der Waals surface area contributed by atoms with Gasteiger partial charge in [-0.3, -0.25) is 9.59 Å². The molecule has 1 aromatic rings. The lowest BCUT2D eigenvalue weighted by atomic mass is 9.89. The first-order valence-corrected chi connectivity index (χ1v) is 8.00. The van der Waals surface area contributed by atoms with E-state index in [1.165, 1.54) is 6.92 Å². The van der Waals surface area contributed by atoms with Crippen molar-refractivity contribution in [2.45, 2.75) is 32.2 Å². The maximum atomic E-state index is 12.2. The van der Waals surface area contributed by atoms with Gasteiger partial charge in [-0.1, -0.05) is 12.1 Å². The maximum absolute atomic E-state index is 12.2. The Morgan fingerprint density at radius 1 is 1.29 bits per heavy atom. The molecule has 0 radical (unpaired) electrons. The molecule has 24 heavy (non-hydrogen) atoms. The van der Waals surface area contributed by atoms with Crippen molar-refractivity contribution in [3.63, 3.8) is 0 Å². The summed E-state index contributed by atoms with van der Waals surface area (Å²) in [7, 11) is 0. The minimum Gasteiger partial charge on any atom is -0.381 e. The number of hydrogen-bond donors (Lipinski definition) is 3. The molecule has 4 N–H and O–H groups in total. The highest BCUT2D eigenvalue weighted by Crippen LogP contribution is 2.21. The van der Waals surface area contributed by atoms with Crippen LogP contribution in [0.2, 0.25) is 0 Å². The van der Waals surface area contributed by atoms with Gasteiger partial charge in [0.25, 0.3) is 0 Å². The van der Waals surface area contributed by atoms with Crippen molar-refractivity contribution in [2.24, 2.45) is 11.7 Å². The van der Waals surface area contributed by atoms with Gasteiger partial charge < -0.3 is 21.1 Å². The van der Waals surface area contributed by atoms with E-state index in [4.69, 9.17) is 10.5 Å². The third-order valence-electron chi connectivity index (χ3n) is 4.10. The van der Waals surface area contributed by atoms with Crippen molar-refractivity contribution in [3.05, 3.63) is 29.8 Å². The number of rotatable bonds is 6. The second-order valence-electron chi connectivity index (χ2n) is 5.96. The van der Waals surface area contributed by atoms with E-state index < -0.39 is 11.9 Å². The molecule has 1 atom stereocenters. The molecule has 0 saturated carbocycles. The van der Waals surface area contributed by atoms with E-state index in [2.05, 4.69) is 10.6 Å². The van der Waals surface area contributed by atoms with Crippen LogP contribution in [0.25, 0.3) is 0 Å². The number of carbonyl (C=O) groups is 3. The molecule has 1 aromatic carbocycles. The summed E-state index contributed by atoms with van der Waals surface area (Å²) in [6, 6.07) is 5.94. The smallest absolute Gasteiger partial charge is 0.319 e. The van der Waals surface area contributed by atoms with Crippen molar-refractivity contribution in [3.8, 4) is 0 Å². The number of nitrogens with two attached hydrogens (primary N) is 1. The van der Waals surface area contributed by atoms with Crippen LogP contribution < -0.4 is 16.4 Å². The molecule has 1 aliphatic rings. The van der Waals surface area contributed by atoms with E-state index in [-0.39, 0.29) is 24.2 Å². The van der Waals surface area contributed by atoms with Crippen LogP contribution in [0.15, 0.2) is 24.3 Å². The fourth-order valence-electron chi connectivity index (χ4n) is 2.82. The third-order valence-corrected chi connectivity index (χ3v) is 4.10. The quantitative estimate of drug-likeness (QED) is 0.688. The van der Waals surface area contributed by atoms with Gasteiger partial charge in [0, 0.05) is 36.9 Å². The van der Waals surface area contributed by atoms with E-state index in [1.54, 1.807) is 24.3 Å². The second kappa shape index (κ2) is 8.44. The molecule has 0 bridgehead atoms. The molecule has 0 spiro atoms. The molecule has 0 aliphatic carbocycles. The van der Waals surface area contributed by atoms with Crippen LogP contribution in [0.1, 0.15) is 36.5 Å². The number of ketones is 1. The number of carbonyl (C=O) groups excluding carboxylic acids is 3. The van der Waals surface area contributed by atoms with Gasteiger partial charge in [0.2, 0.25) is 5.91 Å². The van der Waals surface area contributed by atoms with Crippen molar-refractivity contribution in [1.82, 2.24) is 5.32 Å². The van der Waals surface area contributed by atoms with Crippen LogP contribution in [0.3, 0.4) is 0 Å². The predicted molar refractivity (Wildman–Crippen MR) is 89.7 cm³/mol. The summed E-state index contributed by atoms with van der Waals surface area (Å²) in [5, 5.41) is 5.52. The number of urea groups is 1. The van der Waals surface area contributed by atoms with Crippen LogP contribution in [0.4, 0.5) is 10.5 Å². The topological polar surface area (TPSA) is 111 Å². The standard InChI is InChI=1S/C17H23N3O4/c1-11(21)13-3-2-4-14(9-13)19-17(23)20-15(10-16(18)22)12-5-7-24-8-6-12/h2-4,9,12,15H,5-8,10H2,1H3,(H2,18,22)(H2,19,20,23)/t15-/m1/s1. The van der Waals surface area contributed by atoms with E-state index in [0.717, 1.165) is 12.8 Å². The summed E-state index contributed by atoms with van der Waals surface area (Å²) in [5.74, 6) is -0.376. The Kier molecular flexibility index (Phi) is 6.31. The minimum absolute atomic E-state index is 0.0760. The summed E-state index contributed by atoms with van der Waals surface area (Å²) < 4.78 is 5.31. The summed E-state index contributed by atoms with van der Waals surface area (Å²) in [5.41, 5.74) is 6.34. The van der Waals surface area contributed by atoms with E-state index in [1.807, 2.05) is 0 Å². The largest absolute Gasteiger partial charge is 0.381 e. The molecule has 1 fully saturated rings. The second-order valence-corrected chi connectivity index (χ2v) is 5.96. The summed E-state index contributed by atoms with van der Waals surface area (Å²) in [4.78, 5) is 34.9. The Bertz CT molecular complexity index is 612. The summed E-state index contributed by atoms with van der Waals surface area (Å²) in [6.45, 7) is 2.70. The molecule has 130 valence electrons. The number of benzene rings is 1. The number of Topliss-reactive ketones (excluding diaryl/α,β-unsaturated/α-hetero) is 1. The van der Waals surface area contributed by atoms with Crippen LogP contribution >= 0.6 is 0 Å². The average Bonchev–Trinajstić information content (AvgIpc) is 2.55. The number of anilines is 1. The van der Waals surface area contributed by atoms with Crippen LogP contribution in [0.5, 0.6) is 0 Å². The van der Waals surface area contributed by atoms with Gasteiger partial charge in [0.1, 0.15) is 0 Å². The van der Waals surface area contributed by atoms with E-state index >= 15 is 0 Å². The van der Waals surface area contributed by atoms with Crippen molar-refractivity contribution in [2.75, 3.05) is 18.5 Å². The Morgan fingerprint density at radius 2 is 2.00 bits per heavy atom. The van der Waals surface area contributed by atoms with Gasteiger partial charge in [-0.2, -0.15) is 0 Å². The molecule has 7 nitrogen and oxygen atoms in total. The zero-order chi connectivity index (χ0) is 17.5. The Morgan fingerprint density at radius 3 is 2.62 bits per heavy atom. The molecule has 1 aliphatic heterocycles. The minimum atomic E-state index is -0.453. The fourth-order valence-corrected chi connectivity index (χ4v) is 2.82. The zero-order valence-electron chi connectivity index (χ0n) is 13.7. The molecule has 0 unspecified atom stereocenters.